The molecule has 12 N–H and O–H groups in total. The Morgan fingerprint density at radius 3 is 1.62 bits per heavy atom. The molecule has 2 amide bonds. The molecule has 21 heteroatoms. The first-order valence-electron chi connectivity index (χ1n) is 22.8. The summed E-state index contributed by atoms with van der Waals surface area (Å²) in [6.07, 6.45) is 1.34. The molecule has 19 nitrogen and oxygen atoms in total. The van der Waals surface area contributed by atoms with Crippen molar-refractivity contribution in [2.75, 3.05) is 33.6 Å². The molecule has 8 aromatic carbocycles. The lowest BCUT2D eigenvalue weighted by Crippen LogP contribution is -2.34. The maximum atomic E-state index is 12.4. The highest BCUT2D eigenvalue weighted by molar-refractivity contribution is 6.68. The van der Waals surface area contributed by atoms with Crippen molar-refractivity contribution in [3.05, 3.63) is 237 Å². The van der Waals surface area contributed by atoms with Crippen LogP contribution in [0.25, 0.3) is 44.2 Å². The molecular weight excluding hydrogens is 1020 g/mol. The Morgan fingerprint density at radius 2 is 1.00 bits per heavy atom. The van der Waals surface area contributed by atoms with Gasteiger partial charge in [-0.3, -0.25) is 14.4 Å². The number of rotatable bonds is 6. The van der Waals surface area contributed by atoms with Crippen LogP contribution in [-0.4, -0.2) is 46.5 Å². The number of aromatic nitrogens is 5. The molecule has 0 saturated carbocycles. The highest BCUT2D eigenvalue weighted by Gasteiger charge is 2.14. The minimum Gasteiger partial charge on any atom is -0.397 e. The first-order chi connectivity index (χ1) is 37.2. The molecule has 3 aromatic heterocycles. The van der Waals surface area contributed by atoms with Crippen LogP contribution in [0, 0.1) is 0 Å². The summed E-state index contributed by atoms with van der Waals surface area (Å²) >= 11 is 10.7. The molecule has 0 spiro atoms. The number of hydrogen-bond donors (Lipinski definition) is 8. The summed E-state index contributed by atoms with van der Waals surface area (Å²) in [5, 5.41) is 5.28. The molecule has 0 aliphatic rings. The molecule has 0 radical (unpaired) electrons. The van der Waals surface area contributed by atoms with Gasteiger partial charge in [0.2, 0.25) is 6.08 Å². The Hall–Kier alpha value is -10.6. The number of aliphatic imine (C=N–C) groups is 1. The van der Waals surface area contributed by atoms with Crippen LogP contribution in [0.3, 0.4) is 0 Å². The van der Waals surface area contributed by atoms with Crippen molar-refractivity contribution in [3.8, 4) is 5.69 Å². The summed E-state index contributed by atoms with van der Waals surface area (Å²) < 4.78 is 2.68. The molecule has 0 fully saturated rings. The van der Waals surface area contributed by atoms with E-state index in [1.807, 2.05) is 60.7 Å². The molecule has 0 saturated heterocycles. The zero-order chi connectivity index (χ0) is 55.0. The lowest BCUT2D eigenvalue weighted by Gasteiger charge is -2.11. The van der Waals surface area contributed by atoms with Gasteiger partial charge >= 0.3 is 17.4 Å². The third-order valence-electron chi connectivity index (χ3n) is 11.0. The normalized spacial score (nSPS) is 10.2. The molecular formula is C56H44Cl2N12O7. The van der Waals surface area contributed by atoms with Crippen molar-refractivity contribution in [2.24, 2.45) is 4.99 Å². The van der Waals surface area contributed by atoms with Crippen molar-refractivity contribution < 1.29 is 19.2 Å². The van der Waals surface area contributed by atoms with Gasteiger partial charge < -0.3 is 43.5 Å². The Kier molecular flexibility index (Phi) is 17.9. The zero-order valence-corrected chi connectivity index (χ0v) is 41.7. The van der Waals surface area contributed by atoms with Crippen LogP contribution < -0.4 is 50.5 Å². The van der Waals surface area contributed by atoms with E-state index in [1.54, 1.807) is 120 Å². The second-order valence-corrected chi connectivity index (χ2v) is 16.7. The van der Waals surface area contributed by atoms with Crippen molar-refractivity contribution in [1.29, 1.82) is 0 Å². The minimum atomic E-state index is -0.639. The Balaban J connectivity index is 0.000000144. The van der Waals surface area contributed by atoms with Crippen LogP contribution in [0.15, 0.2) is 213 Å². The molecule has 0 atom stereocenters. The smallest absolute Gasteiger partial charge is 0.333 e. The number of carbonyl (C=O) groups is 3. The molecule has 0 aliphatic carbocycles. The third-order valence-corrected chi connectivity index (χ3v) is 11.4. The van der Waals surface area contributed by atoms with Crippen LogP contribution in [0.2, 0.25) is 0 Å². The van der Waals surface area contributed by atoms with Gasteiger partial charge in [0.05, 0.1) is 84.1 Å². The summed E-state index contributed by atoms with van der Waals surface area (Å²) in [4.78, 5) is 93.7. The van der Waals surface area contributed by atoms with Gasteiger partial charge in [0.15, 0.2) is 5.65 Å². The SMILES string of the molecule is Nc1ccccc1-n1c(=O)[nH]c2ccccc2c1=O.Nc1ccccc1N.Nc1ccccc1NC(=O)Nc1ccccc1C(=O)Cl.O=C=Nc1ccccc1C(=O)Cl.O=c1[nH]c2ccccc2c2nc3ccccc3n12. The number of amides is 2. The quantitative estimate of drug-likeness (QED) is 0.0334. The van der Waals surface area contributed by atoms with E-state index in [-0.39, 0.29) is 28.1 Å². The number of carbonyl (C=O) groups excluding carboxylic acids is 4. The lowest BCUT2D eigenvalue weighted by atomic mass is 10.2. The fraction of sp³-hybridized carbons (Fsp3) is 0. The number of imidazole rings is 1. The van der Waals surface area contributed by atoms with Crippen molar-refractivity contribution >= 4 is 124 Å². The van der Waals surface area contributed by atoms with Crippen molar-refractivity contribution in [3.63, 3.8) is 0 Å². The van der Waals surface area contributed by atoms with E-state index < -0.39 is 22.2 Å². The number of H-pyrrole nitrogens is 2. The molecule has 3 heterocycles. The molecule has 11 aromatic rings. The van der Waals surface area contributed by atoms with E-state index in [1.165, 1.54) is 24.3 Å². The molecule has 0 unspecified atom stereocenters. The highest BCUT2D eigenvalue weighted by atomic mass is 35.5. The average molecular weight is 1070 g/mol. The van der Waals surface area contributed by atoms with Gasteiger partial charge in [0, 0.05) is 5.39 Å². The maximum absolute atomic E-state index is 12.4. The zero-order valence-electron chi connectivity index (χ0n) is 40.2. The number of nitrogen functional groups attached to an aromatic ring is 4. The van der Waals surface area contributed by atoms with Crippen LogP contribution in [0.4, 0.5) is 44.6 Å². The van der Waals surface area contributed by atoms with Crippen LogP contribution in [0.1, 0.15) is 20.7 Å². The van der Waals surface area contributed by atoms with Gasteiger partial charge in [-0.25, -0.2) is 33.1 Å². The summed E-state index contributed by atoms with van der Waals surface area (Å²) in [6.45, 7) is 0. The van der Waals surface area contributed by atoms with Gasteiger partial charge in [-0.05, 0) is 120 Å². The van der Waals surface area contributed by atoms with Crippen molar-refractivity contribution in [1.82, 2.24) is 23.9 Å². The largest absolute Gasteiger partial charge is 0.397 e. The number of anilines is 6. The number of nitrogens with zero attached hydrogens (tertiary/aromatic N) is 4. The van der Waals surface area contributed by atoms with Gasteiger partial charge in [-0.15, -0.1) is 0 Å². The fourth-order valence-electron chi connectivity index (χ4n) is 7.39. The first-order valence-corrected chi connectivity index (χ1v) is 23.6. The van der Waals surface area contributed by atoms with E-state index in [0.717, 1.165) is 26.5 Å². The monoisotopic (exact) mass is 1070 g/mol. The van der Waals surface area contributed by atoms with E-state index in [4.69, 9.17) is 46.1 Å². The summed E-state index contributed by atoms with van der Waals surface area (Å²) in [5.41, 5.74) is 29.0. The number of urea groups is 1. The summed E-state index contributed by atoms with van der Waals surface area (Å²) in [7, 11) is 0. The van der Waals surface area contributed by atoms with Gasteiger partial charge in [0.1, 0.15) is 0 Å². The number of nitrogens with one attached hydrogen (secondary N) is 4. The number of para-hydroxylation sites is 12. The van der Waals surface area contributed by atoms with Gasteiger partial charge in [-0.2, -0.15) is 4.99 Å². The summed E-state index contributed by atoms with van der Waals surface area (Å²) in [6, 6.07) is 55.4. The average Bonchev–Trinajstić information content (AvgIpc) is 3.87. The summed E-state index contributed by atoms with van der Waals surface area (Å²) in [5.74, 6) is 0. The van der Waals surface area contributed by atoms with E-state index in [2.05, 4.69) is 30.6 Å². The third kappa shape index (κ3) is 13.3. The van der Waals surface area contributed by atoms with Gasteiger partial charge in [0.25, 0.3) is 16.0 Å². The Bertz CT molecular complexity index is 4170. The highest BCUT2D eigenvalue weighted by Crippen LogP contribution is 2.23. The second-order valence-electron chi connectivity index (χ2n) is 16.0. The number of isocyanates is 1. The topological polar surface area (TPSA) is 314 Å². The van der Waals surface area contributed by atoms with Crippen LogP contribution in [-0.2, 0) is 4.79 Å². The fourth-order valence-corrected chi connectivity index (χ4v) is 7.72. The number of aromatic amines is 2. The van der Waals surface area contributed by atoms with Crippen LogP contribution >= 0.6 is 23.2 Å². The number of nitrogens with two attached hydrogens (primary N) is 4. The number of hydrogen-bond acceptors (Lipinski definition) is 13. The van der Waals surface area contributed by atoms with E-state index in [9.17, 15) is 33.6 Å². The number of halogens is 2. The predicted octanol–water partition coefficient (Wildman–Crippen LogP) is 9.77. The van der Waals surface area contributed by atoms with Crippen molar-refractivity contribution in [2.45, 2.75) is 0 Å². The molecule has 384 valence electrons. The Morgan fingerprint density at radius 1 is 0.519 bits per heavy atom. The van der Waals surface area contributed by atoms with Gasteiger partial charge in [-0.1, -0.05) is 97.1 Å². The molecule has 0 bridgehead atoms. The second kappa shape index (κ2) is 25.4. The standard InChI is InChI=1S/C14H12ClN3O2.C14H11N3O2.C14H9N3O.C8H4ClNO2.C6H8N2/c15-13(19)9-5-1-3-7-11(9)17-14(20)18-12-8-4-2-6-10(12)16;15-10-6-2-4-8-12(10)17-13(18)9-5-1-3-7-11(9)16-14(17)19;18-14-16-10-6-2-1-5-9(10)13-15-11-7-3-4-8-12(11)17(13)14;9-8(12)6-3-1-2-4-7(6)10-5-11;7-5-3-1-2-4-6(5)8/h1-8H,16H2,(H2,17,18,20);1-8H,15H2,(H,16,19);1-8H,(H,16,18);1-4H;1-4H,7-8H2. The lowest BCUT2D eigenvalue weighted by molar-refractivity contribution is 0.107. The van der Waals surface area contributed by atoms with E-state index >= 15 is 0 Å². The predicted molar refractivity (Wildman–Crippen MR) is 305 cm³/mol. The molecule has 11 rings (SSSR count). The van der Waals surface area contributed by atoms with E-state index in [0.29, 0.717) is 56.4 Å². The maximum Gasteiger partial charge on any atom is 0.333 e. The van der Waals surface area contributed by atoms with Crippen LogP contribution in [0.5, 0.6) is 0 Å². The minimum absolute atomic E-state index is 0.155. The number of benzene rings is 8. The first kappa shape index (κ1) is 54.2. The molecule has 0 aliphatic heterocycles. The number of fused-ring (bicyclic) bond motifs is 6. The Labute approximate surface area is 446 Å². The molecule has 77 heavy (non-hydrogen) atoms.